The molecule has 2 aromatic rings. The fraction of sp³-hybridized carbons (Fsp3) is 0.357. The lowest BCUT2D eigenvalue weighted by molar-refractivity contribution is -0.137. The molecular formula is C28H31NO7. The molecule has 8 nitrogen and oxygen atoms in total. The summed E-state index contributed by atoms with van der Waals surface area (Å²) < 4.78 is 27.5. The molecule has 0 aromatic heterocycles. The largest absolute Gasteiger partial charge is 0.493 e. The van der Waals surface area contributed by atoms with Gasteiger partial charge < -0.3 is 28.6 Å². The van der Waals surface area contributed by atoms with E-state index >= 15 is 0 Å². The smallest absolute Gasteiger partial charge is 0.336 e. The lowest BCUT2D eigenvalue weighted by atomic mass is 9.83. The van der Waals surface area contributed by atoms with Crippen molar-refractivity contribution in [1.29, 1.82) is 0 Å². The number of nitrogens with zero attached hydrogens (tertiary/aromatic N) is 1. The second-order valence-electron chi connectivity index (χ2n) is 8.60. The Bertz CT molecular complexity index is 1100. The van der Waals surface area contributed by atoms with E-state index in [-0.39, 0.29) is 6.10 Å². The van der Waals surface area contributed by atoms with E-state index in [0.29, 0.717) is 48.0 Å². The summed E-state index contributed by atoms with van der Waals surface area (Å²) in [5.74, 6) is -0.744. The van der Waals surface area contributed by atoms with Gasteiger partial charge in [-0.1, -0.05) is 36.4 Å². The van der Waals surface area contributed by atoms with Crippen molar-refractivity contribution in [2.45, 2.75) is 31.5 Å². The van der Waals surface area contributed by atoms with E-state index in [1.165, 1.54) is 14.2 Å². The Kier molecular flexibility index (Phi) is 8.28. The van der Waals surface area contributed by atoms with E-state index in [1.54, 1.807) is 36.5 Å². The number of ether oxygens (including phenoxy) is 5. The normalized spacial score (nSPS) is 17.8. The maximum Gasteiger partial charge on any atom is 0.336 e. The van der Waals surface area contributed by atoms with E-state index in [9.17, 15) is 9.59 Å². The Balaban J connectivity index is 1.71. The van der Waals surface area contributed by atoms with Crippen LogP contribution >= 0.6 is 0 Å². The second kappa shape index (κ2) is 11.8. The SMILES string of the molecule is COC(=O)C1=CN(CC2CCCO2)C=C(C(=O)OC)C1c1ccc(OC)c(OCc2ccccc2)c1. The third-order valence-electron chi connectivity index (χ3n) is 6.27. The summed E-state index contributed by atoms with van der Waals surface area (Å²) in [6, 6.07) is 15.1. The van der Waals surface area contributed by atoms with Crippen molar-refractivity contribution < 1.29 is 33.3 Å². The molecule has 190 valence electrons. The van der Waals surface area contributed by atoms with Gasteiger partial charge in [0.15, 0.2) is 11.5 Å². The minimum atomic E-state index is -0.712. The van der Waals surface area contributed by atoms with Crippen LogP contribution in [0.2, 0.25) is 0 Å². The topological polar surface area (TPSA) is 83.5 Å². The summed E-state index contributed by atoms with van der Waals surface area (Å²) >= 11 is 0. The van der Waals surface area contributed by atoms with Gasteiger partial charge in [-0.3, -0.25) is 0 Å². The molecule has 1 fully saturated rings. The first-order valence-corrected chi connectivity index (χ1v) is 11.9. The lowest BCUT2D eigenvalue weighted by Crippen LogP contribution is -2.32. The molecule has 0 amide bonds. The van der Waals surface area contributed by atoms with Crippen molar-refractivity contribution in [3.8, 4) is 11.5 Å². The lowest BCUT2D eigenvalue weighted by Gasteiger charge is -2.31. The molecule has 0 spiro atoms. The molecule has 0 N–H and O–H groups in total. The molecule has 2 aliphatic rings. The van der Waals surface area contributed by atoms with Crippen LogP contribution < -0.4 is 9.47 Å². The number of hydrogen-bond acceptors (Lipinski definition) is 8. The van der Waals surface area contributed by atoms with E-state index in [1.807, 2.05) is 36.4 Å². The van der Waals surface area contributed by atoms with Crippen LogP contribution in [0, 0.1) is 0 Å². The fourth-order valence-corrected chi connectivity index (χ4v) is 4.50. The zero-order chi connectivity index (χ0) is 25.5. The van der Waals surface area contributed by atoms with E-state index in [4.69, 9.17) is 23.7 Å². The predicted molar refractivity (Wildman–Crippen MR) is 132 cm³/mol. The van der Waals surface area contributed by atoms with Crippen molar-refractivity contribution >= 4 is 11.9 Å². The average molecular weight is 494 g/mol. The molecule has 2 aliphatic heterocycles. The monoisotopic (exact) mass is 493 g/mol. The van der Waals surface area contributed by atoms with Gasteiger partial charge in [0.05, 0.1) is 44.5 Å². The minimum Gasteiger partial charge on any atom is -0.493 e. The first-order chi connectivity index (χ1) is 17.5. The molecule has 8 heteroatoms. The third-order valence-corrected chi connectivity index (χ3v) is 6.27. The Morgan fingerprint density at radius 3 is 2.22 bits per heavy atom. The molecule has 0 aliphatic carbocycles. The quantitative estimate of drug-likeness (QED) is 0.486. The number of carbonyl (C=O) groups excluding carboxylic acids is 2. The second-order valence-corrected chi connectivity index (χ2v) is 8.60. The summed E-state index contributed by atoms with van der Waals surface area (Å²) in [6.45, 7) is 1.56. The van der Waals surface area contributed by atoms with E-state index in [0.717, 1.165) is 18.4 Å². The van der Waals surface area contributed by atoms with Crippen LogP contribution in [0.4, 0.5) is 0 Å². The van der Waals surface area contributed by atoms with Crippen molar-refractivity contribution in [2.75, 3.05) is 34.5 Å². The third kappa shape index (κ3) is 5.71. The highest BCUT2D eigenvalue weighted by Crippen LogP contribution is 2.40. The molecule has 2 heterocycles. The van der Waals surface area contributed by atoms with Gasteiger partial charge in [0.2, 0.25) is 0 Å². The molecule has 0 saturated carbocycles. The summed E-state index contributed by atoms with van der Waals surface area (Å²) in [5.41, 5.74) is 2.30. The molecule has 0 bridgehead atoms. The fourth-order valence-electron chi connectivity index (χ4n) is 4.50. The molecule has 1 unspecified atom stereocenters. The van der Waals surface area contributed by atoms with Crippen molar-refractivity contribution in [3.63, 3.8) is 0 Å². The van der Waals surface area contributed by atoms with Crippen molar-refractivity contribution in [2.24, 2.45) is 0 Å². The highest BCUT2D eigenvalue weighted by molar-refractivity contribution is 5.98. The Labute approximate surface area is 211 Å². The number of methoxy groups -OCH3 is 3. The standard InChI is InChI=1S/C28H31NO7/c1-32-24-12-11-20(14-25(24)36-18-19-8-5-4-6-9-19)26-22(27(30)33-2)16-29(15-21-10-7-13-35-21)17-23(26)28(31)34-3/h4-6,8-9,11-12,14,16-17,21,26H,7,10,13,15,18H2,1-3H3. The van der Waals surface area contributed by atoms with Crippen LogP contribution in [-0.4, -0.2) is 57.4 Å². The molecule has 4 rings (SSSR count). The van der Waals surface area contributed by atoms with Gasteiger partial charge in [-0.05, 0) is 36.1 Å². The van der Waals surface area contributed by atoms with E-state index < -0.39 is 17.9 Å². The molecule has 36 heavy (non-hydrogen) atoms. The highest BCUT2D eigenvalue weighted by atomic mass is 16.5. The van der Waals surface area contributed by atoms with Crippen LogP contribution in [0.15, 0.2) is 72.1 Å². The maximum absolute atomic E-state index is 12.9. The average Bonchev–Trinajstić information content (AvgIpc) is 3.44. The number of hydrogen-bond donors (Lipinski definition) is 0. The van der Waals surface area contributed by atoms with Gasteiger partial charge in [0.25, 0.3) is 0 Å². The van der Waals surface area contributed by atoms with Gasteiger partial charge in [0, 0.05) is 25.6 Å². The summed E-state index contributed by atoms with van der Waals surface area (Å²) in [5, 5.41) is 0. The first kappa shape index (κ1) is 25.3. The molecule has 1 atom stereocenters. The summed E-state index contributed by atoms with van der Waals surface area (Å²) in [4.78, 5) is 27.7. The molecular weight excluding hydrogens is 462 g/mol. The zero-order valence-electron chi connectivity index (χ0n) is 20.8. The summed E-state index contributed by atoms with van der Waals surface area (Å²) in [7, 11) is 4.21. The van der Waals surface area contributed by atoms with Crippen LogP contribution in [-0.2, 0) is 30.4 Å². The Morgan fingerprint density at radius 2 is 1.64 bits per heavy atom. The van der Waals surface area contributed by atoms with Crippen molar-refractivity contribution in [1.82, 2.24) is 4.90 Å². The molecule has 2 aromatic carbocycles. The maximum atomic E-state index is 12.9. The number of esters is 2. The Morgan fingerprint density at radius 1 is 0.944 bits per heavy atom. The van der Waals surface area contributed by atoms with Gasteiger partial charge >= 0.3 is 11.9 Å². The number of benzene rings is 2. The molecule has 0 radical (unpaired) electrons. The Hall–Kier alpha value is -3.78. The first-order valence-electron chi connectivity index (χ1n) is 11.9. The van der Waals surface area contributed by atoms with Gasteiger partial charge in [0.1, 0.15) is 6.61 Å². The van der Waals surface area contributed by atoms with E-state index in [2.05, 4.69) is 0 Å². The van der Waals surface area contributed by atoms with Gasteiger partial charge in [-0.2, -0.15) is 0 Å². The van der Waals surface area contributed by atoms with Crippen LogP contribution in [0.25, 0.3) is 0 Å². The van der Waals surface area contributed by atoms with Gasteiger partial charge in [-0.25, -0.2) is 9.59 Å². The molecule has 1 saturated heterocycles. The summed E-state index contributed by atoms with van der Waals surface area (Å²) in [6.07, 6.45) is 5.37. The predicted octanol–water partition coefficient (Wildman–Crippen LogP) is 3.97. The number of rotatable bonds is 9. The minimum absolute atomic E-state index is 0.0193. The highest BCUT2D eigenvalue weighted by Gasteiger charge is 2.36. The van der Waals surface area contributed by atoms with Gasteiger partial charge in [-0.15, -0.1) is 0 Å². The van der Waals surface area contributed by atoms with Crippen LogP contribution in [0.3, 0.4) is 0 Å². The van der Waals surface area contributed by atoms with Crippen LogP contribution in [0.5, 0.6) is 11.5 Å². The zero-order valence-corrected chi connectivity index (χ0v) is 20.8. The van der Waals surface area contributed by atoms with Crippen molar-refractivity contribution in [3.05, 3.63) is 83.2 Å². The number of carbonyl (C=O) groups is 2. The van der Waals surface area contributed by atoms with Crippen LogP contribution in [0.1, 0.15) is 29.9 Å².